The van der Waals surface area contributed by atoms with E-state index in [9.17, 15) is 14.4 Å². The van der Waals surface area contributed by atoms with Gasteiger partial charge in [0.05, 0.1) is 0 Å². The van der Waals surface area contributed by atoms with Crippen LogP contribution in [-0.4, -0.2) is 37.2 Å². The molecular weight excluding hydrogens is 841 g/mol. The Morgan fingerprint density at radius 1 is 0.294 bits per heavy atom. The van der Waals surface area contributed by atoms with Gasteiger partial charge in [-0.05, 0) is 44.9 Å². The predicted octanol–water partition coefficient (Wildman–Crippen LogP) is 19.8. The van der Waals surface area contributed by atoms with E-state index >= 15 is 0 Å². The number of hydrogen-bond donors (Lipinski definition) is 0. The van der Waals surface area contributed by atoms with Gasteiger partial charge in [0.1, 0.15) is 13.2 Å². The summed E-state index contributed by atoms with van der Waals surface area (Å²) in [6.45, 7) is 6.63. The van der Waals surface area contributed by atoms with Crippen molar-refractivity contribution in [1.82, 2.24) is 0 Å². The zero-order chi connectivity index (χ0) is 49.3. The molecule has 0 N–H and O–H groups in total. The molecule has 0 aromatic heterocycles. The molecule has 6 nitrogen and oxygen atoms in total. The van der Waals surface area contributed by atoms with Crippen LogP contribution in [0, 0.1) is 0 Å². The monoisotopic (exact) mass is 953 g/mol. The maximum Gasteiger partial charge on any atom is 0.306 e. The topological polar surface area (TPSA) is 78.9 Å². The molecule has 396 valence electrons. The van der Waals surface area contributed by atoms with Gasteiger partial charge in [-0.25, -0.2) is 0 Å². The molecular formula is C62H112O6. The molecule has 0 spiro atoms. The summed E-state index contributed by atoms with van der Waals surface area (Å²) in [4.78, 5) is 38.2. The minimum Gasteiger partial charge on any atom is -0.462 e. The number of carbonyl (C=O) groups is 3. The lowest BCUT2D eigenvalue weighted by Crippen LogP contribution is -2.30. The van der Waals surface area contributed by atoms with Gasteiger partial charge in [0.2, 0.25) is 0 Å². The molecule has 1 atom stereocenters. The quantitative estimate of drug-likeness (QED) is 0.0262. The highest BCUT2D eigenvalue weighted by Gasteiger charge is 2.19. The molecule has 0 radical (unpaired) electrons. The van der Waals surface area contributed by atoms with Crippen LogP contribution in [0.4, 0.5) is 0 Å². The maximum absolute atomic E-state index is 12.9. The first-order chi connectivity index (χ1) is 33.5. The molecule has 0 saturated heterocycles. The fourth-order valence-electron chi connectivity index (χ4n) is 8.69. The number of allylic oxidation sites excluding steroid dienone is 8. The van der Waals surface area contributed by atoms with Crippen molar-refractivity contribution in [2.24, 2.45) is 0 Å². The normalized spacial score (nSPS) is 12.3. The number of hydrogen-bond acceptors (Lipinski definition) is 6. The number of unbranched alkanes of at least 4 members (excludes halogenated alkanes) is 38. The van der Waals surface area contributed by atoms with Gasteiger partial charge >= 0.3 is 17.9 Å². The summed E-state index contributed by atoms with van der Waals surface area (Å²) in [6, 6.07) is 0. The highest BCUT2D eigenvalue weighted by atomic mass is 16.6. The summed E-state index contributed by atoms with van der Waals surface area (Å²) < 4.78 is 16.9. The molecule has 6 heteroatoms. The van der Waals surface area contributed by atoms with Crippen LogP contribution in [0.3, 0.4) is 0 Å². The van der Waals surface area contributed by atoms with Crippen LogP contribution in [0.15, 0.2) is 48.6 Å². The Bertz CT molecular complexity index is 1190. The average molecular weight is 954 g/mol. The van der Waals surface area contributed by atoms with E-state index in [-0.39, 0.29) is 31.1 Å². The minimum absolute atomic E-state index is 0.0763. The Morgan fingerprint density at radius 3 is 0.853 bits per heavy atom. The van der Waals surface area contributed by atoms with Gasteiger partial charge in [-0.15, -0.1) is 0 Å². The summed E-state index contributed by atoms with van der Waals surface area (Å²) in [5.74, 6) is -0.881. The first kappa shape index (κ1) is 65.4. The smallest absolute Gasteiger partial charge is 0.306 e. The molecule has 0 heterocycles. The number of esters is 3. The Balaban J connectivity index is 4.38. The molecule has 0 aliphatic heterocycles. The zero-order valence-electron chi connectivity index (χ0n) is 45.4. The second kappa shape index (κ2) is 57.0. The van der Waals surface area contributed by atoms with E-state index in [1.165, 1.54) is 186 Å². The largest absolute Gasteiger partial charge is 0.462 e. The van der Waals surface area contributed by atoms with Gasteiger partial charge in [0.25, 0.3) is 0 Å². The van der Waals surface area contributed by atoms with Gasteiger partial charge in [0.15, 0.2) is 6.10 Å². The lowest BCUT2D eigenvalue weighted by atomic mass is 10.0. The summed E-state index contributed by atoms with van der Waals surface area (Å²) in [6.07, 6.45) is 69.5. The third-order valence-corrected chi connectivity index (χ3v) is 13.2. The third kappa shape index (κ3) is 54.3. The lowest BCUT2D eigenvalue weighted by molar-refractivity contribution is -0.167. The van der Waals surface area contributed by atoms with Crippen molar-refractivity contribution in [3.05, 3.63) is 48.6 Å². The molecule has 0 rings (SSSR count). The van der Waals surface area contributed by atoms with Gasteiger partial charge in [0, 0.05) is 19.3 Å². The SMILES string of the molecule is CCCCC\C=C/C=C\C=C/C=C\CCCCCCCC(=O)OCC(COC(=O)CCCCCCCCCCCCCCCC)OC(=O)CCCCCCCCCCCCCCCCCCCC. The van der Waals surface area contributed by atoms with Crippen LogP contribution in [-0.2, 0) is 28.6 Å². The van der Waals surface area contributed by atoms with Gasteiger partial charge in [-0.3, -0.25) is 14.4 Å². The van der Waals surface area contributed by atoms with E-state index < -0.39 is 6.10 Å². The number of carbonyl (C=O) groups excluding carboxylic acids is 3. The molecule has 0 fully saturated rings. The molecule has 1 unspecified atom stereocenters. The highest BCUT2D eigenvalue weighted by molar-refractivity contribution is 5.71. The van der Waals surface area contributed by atoms with Crippen LogP contribution in [0.2, 0.25) is 0 Å². The predicted molar refractivity (Wildman–Crippen MR) is 293 cm³/mol. The van der Waals surface area contributed by atoms with E-state index in [4.69, 9.17) is 14.2 Å². The van der Waals surface area contributed by atoms with Crippen LogP contribution in [0.5, 0.6) is 0 Å². The summed E-state index contributed by atoms with van der Waals surface area (Å²) in [5.41, 5.74) is 0. The van der Waals surface area contributed by atoms with E-state index in [0.717, 1.165) is 83.5 Å². The molecule has 0 aliphatic rings. The van der Waals surface area contributed by atoms with Crippen LogP contribution in [0.25, 0.3) is 0 Å². The summed E-state index contributed by atoms with van der Waals surface area (Å²) >= 11 is 0. The van der Waals surface area contributed by atoms with Crippen molar-refractivity contribution in [1.29, 1.82) is 0 Å². The molecule has 0 aliphatic carbocycles. The molecule has 0 aromatic carbocycles. The van der Waals surface area contributed by atoms with Crippen molar-refractivity contribution < 1.29 is 28.6 Å². The lowest BCUT2D eigenvalue weighted by Gasteiger charge is -2.18. The molecule has 0 bridgehead atoms. The third-order valence-electron chi connectivity index (χ3n) is 13.2. The van der Waals surface area contributed by atoms with Crippen molar-refractivity contribution in [3.63, 3.8) is 0 Å². The number of rotatable bonds is 54. The van der Waals surface area contributed by atoms with Crippen molar-refractivity contribution >= 4 is 17.9 Å². The Kier molecular flexibility index (Phi) is 54.8. The fraction of sp³-hybridized carbons (Fsp3) is 0.823. The maximum atomic E-state index is 12.9. The number of ether oxygens (including phenoxy) is 3. The second-order valence-corrected chi connectivity index (χ2v) is 20.0. The molecule has 68 heavy (non-hydrogen) atoms. The standard InChI is InChI=1S/C62H112O6/c1-4-7-10-13-16-19-22-25-28-30-32-34-37-40-43-46-49-52-55-61(64)67-58-59(57-66-60(63)54-51-48-45-42-39-36-27-24-21-18-15-12-9-6-3)68-62(65)56-53-50-47-44-41-38-35-33-31-29-26-23-20-17-14-11-8-5-2/h16,19,22,25,28,30,32,34,59H,4-15,17-18,20-21,23-24,26-27,29,31,33,35-58H2,1-3H3/b19-16-,25-22-,30-28-,34-32-. The highest BCUT2D eigenvalue weighted by Crippen LogP contribution is 2.17. The van der Waals surface area contributed by atoms with Crippen LogP contribution < -0.4 is 0 Å². The van der Waals surface area contributed by atoms with Crippen molar-refractivity contribution in [3.8, 4) is 0 Å². The first-order valence-corrected chi connectivity index (χ1v) is 29.7. The molecule has 0 saturated carbocycles. The van der Waals surface area contributed by atoms with Gasteiger partial charge in [-0.2, -0.15) is 0 Å². The summed E-state index contributed by atoms with van der Waals surface area (Å²) in [7, 11) is 0. The Hall–Kier alpha value is -2.63. The van der Waals surface area contributed by atoms with E-state index in [2.05, 4.69) is 69.4 Å². The van der Waals surface area contributed by atoms with Crippen molar-refractivity contribution in [2.75, 3.05) is 13.2 Å². The van der Waals surface area contributed by atoms with E-state index in [0.29, 0.717) is 19.3 Å². The summed E-state index contributed by atoms with van der Waals surface area (Å²) in [5, 5.41) is 0. The van der Waals surface area contributed by atoms with Gasteiger partial charge in [-0.1, -0.05) is 294 Å². The second-order valence-electron chi connectivity index (χ2n) is 20.0. The van der Waals surface area contributed by atoms with Crippen LogP contribution in [0.1, 0.15) is 310 Å². The zero-order valence-corrected chi connectivity index (χ0v) is 45.4. The first-order valence-electron chi connectivity index (χ1n) is 29.7. The molecule has 0 aromatic rings. The fourth-order valence-corrected chi connectivity index (χ4v) is 8.69. The Morgan fingerprint density at radius 2 is 0.529 bits per heavy atom. The Labute approximate surface area is 422 Å². The van der Waals surface area contributed by atoms with E-state index in [1.807, 2.05) is 0 Å². The molecule has 0 amide bonds. The van der Waals surface area contributed by atoms with Crippen molar-refractivity contribution in [2.45, 2.75) is 316 Å². The van der Waals surface area contributed by atoms with Gasteiger partial charge < -0.3 is 14.2 Å². The van der Waals surface area contributed by atoms with E-state index in [1.54, 1.807) is 0 Å². The minimum atomic E-state index is -0.779. The average Bonchev–Trinajstić information content (AvgIpc) is 3.34. The van der Waals surface area contributed by atoms with Crippen LogP contribution >= 0.6 is 0 Å².